The first kappa shape index (κ1) is 20.9. The topological polar surface area (TPSA) is 35.6 Å². The van der Waals surface area contributed by atoms with Gasteiger partial charge in [-0.15, -0.1) is 0 Å². The van der Waals surface area contributed by atoms with Gasteiger partial charge >= 0.3 is 6.18 Å². The molecule has 0 spiro atoms. The average molecular weight is 417 g/mol. The Morgan fingerprint density at radius 3 is 2.40 bits per heavy atom. The second-order valence-corrected chi connectivity index (χ2v) is 8.31. The lowest BCUT2D eigenvalue weighted by atomic mass is 9.89. The summed E-state index contributed by atoms with van der Waals surface area (Å²) >= 11 is 0. The lowest BCUT2D eigenvalue weighted by Crippen LogP contribution is -2.36. The van der Waals surface area contributed by atoms with E-state index in [9.17, 15) is 18.0 Å². The van der Waals surface area contributed by atoms with E-state index in [4.69, 9.17) is 0 Å². The van der Waals surface area contributed by atoms with Gasteiger partial charge in [-0.05, 0) is 48.7 Å². The molecule has 7 heteroatoms. The van der Waals surface area contributed by atoms with Gasteiger partial charge in [0.05, 0.1) is 5.56 Å². The summed E-state index contributed by atoms with van der Waals surface area (Å²) in [5, 5.41) is 2.97. The van der Waals surface area contributed by atoms with Crippen molar-refractivity contribution in [3.63, 3.8) is 0 Å². The van der Waals surface area contributed by atoms with Crippen LogP contribution in [0.5, 0.6) is 0 Å². The van der Waals surface area contributed by atoms with Crippen molar-refractivity contribution in [1.29, 1.82) is 0 Å². The predicted molar refractivity (Wildman–Crippen MR) is 109 cm³/mol. The van der Waals surface area contributed by atoms with Crippen LogP contribution in [0.4, 0.5) is 13.2 Å². The van der Waals surface area contributed by atoms with Gasteiger partial charge in [0, 0.05) is 44.3 Å². The van der Waals surface area contributed by atoms with Crippen molar-refractivity contribution in [2.24, 2.45) is 11.8 Å². The molecule has 2 heterocycles. The molecular weight excluding hydrogens is 391 g/mol. The fourth-order valence-electron chi connectivity index (χ4n) is 4.92. The predicted octanol–water partition coefficient (Wildman–Crippen LogP) is 3.67. The van der Waals surface area contributed by atoms with E-state index < -0.39 is 11.7 Å². The Kier molecular flexibility index (Phi) is 5.84. The molecule has 1 amide bonds. The minimum Gasteiger partial charge on any atom is -0.351 e. The molecule has 2 saturated heterocycles. The molecule has 0 aliphatic carbocycles. The number of rotatable bonds is 5. The Morgan fingerprint density at radius 1 is 1.03 bits per heavy atom. The molecule has 1 N–H and O–H groups in total. The van der Waals surface area contributed by atoms with Gasteiger partial charge in [0.15, 0.2) is 0 Å². The van der Waals surface area contributed by atoms with Crippen LogP contribution in [-0.4, -0.2) is 55.5 Å². The maximum Gasteiger partial charge on any atom is 0.416 e. The lowest BCUT2D eigenvalue weighted by molar-refractivity contribution is -0.137. The molecular formula is C23H26F3N3O. The summed E-state index contributed by atoms with van der Waals surface area (Å²) in [6.45, 7) is 4.13. The number of nitrogens with zero attached hydrogens (tertiary/aromatic N) is 2. The molecule has 2 aliphatic rings. The Hall–Kier alpha value is -2.38. The molecule has 0 radical (unpaired) electrons. The third-order valence-electron chi connectivity index (χ3n) is 6.30. The third-order valence-corrected chi connectivity index (χ3v) is 6.30. The zero-order chi connectivity index (χ0) is 21.3. The molecule has 2 aromatic rings. The number of fused-ring (bicyclic) bond motifs is 1. The minimum atomic E-state index is -4.31. The molecule has 2 aliphatic heterocycles. The zero-order valence-electron chi connectivity index (χ0n) is 16.9. The van der Waals surface area contributed by atoms with E-state index in [-0.39, 0.29) is 11.9 Å². The number of carbonyl (C=O) groups excluding carboxylic acids is 1. The number of hydrogen-bond acceptors (Lipinski definition) is 3. The van der Waals surface area contributed by atoms with Crippen LogP contribution >= 0.6 is 0 Å². The monoisotopic (exact) mass is 417 g/mol. The largest absolute Gasteiger partial charge is 0.416 e. The summed E-state index contributed by atoms with van der Waals surface area (Å²) in [5.74, 6) is 0.807. The molecule has 4 nitrogen and oxygen atoms in total. The van der Waals surface area contributed by atoms with E-state index in [1.54, 1.807) is 24.3 Å². The molecule has 3 atom stereocenters. The Labute approximate surface area is 174 Å². The van der Waals surface area contributed by atoms with Crippen molar-refractivity contribution in [3.8, 4) is 0 Å². The maximum atomic E-state index is 12.9. The quantitative estimate of drug-likeness (QED) is 0.807. The zero-order valence-corrected chi connectivity index (χ0v) is 16.9. The van der Waals surface area contributed by atoms with Crippen molar-refractivity contribution in [2.75, 3.05) is 39.8 Å². The fourth-order valence-corrected chi connectivity index (χ4v) is 4.92. The van der Waals surface area contributed by atoms with Crippen LogP contribution in [0.2, 0.25) is 0 Å². The standard InChI is InChI=1S/C23H26F3N3O/c1-28-13-18-14-29(12-11-27-22(30)17-5-3-2-4-6-17)15-20(18)21(28)16-7-9-19(10-8-16)23(24,25)26/h2-10,18,20-21H,11-15H2,1H3,(H,27,30). The number of halogens is 3. The molecule has 2 aromatic carbocycles. The highest BCUT2D eigenvalue weighted by Gasteiger charge is 2.46. The number of alkyl halides is 3. The van der Waals surface area contributed by atoms with Crippen LogP contribution in [0.15, 0.2) is 54.6 Å². The Morgan fingerprint density at radius 2 is 1.73 bits per heavy atom. The van der Waals surface area contributed by atoms with Crippen LogP contribution in [0.3, 0.4) is 0 Å². The number of carbonyl (C=O) groups is 1. The number of likely N-dealkylation sites (tertiary alicyclic amines) is 2. The number of hydrogen-bond donors (Lipinski definition) is 1. The van der Waals surface area contributed by atoms with Crippen molar-refractivity contribution < 1.29 is 18.0 Å². The van der Waals surface area contributed by atoms with E-state index >= 15 is 0 Å². The first-order valence-electron chi connectivity index (χ1n) is 10.3. The molecule has 0 aromatic heterocycles. The van der Waals surface area contributed by atoms with Gasteiger partial charge in [0.25, 0.3) is 5.91 Å². The van der Waals surface area contributed by atoms with Crippen molar-refractivity contribution in [1.82, 2.24) is 15.1 Å². The molecule has 160 valence electrons. The smallest absolute Gasteiger partial charge is 0.351 e. The van der Waals surface area contributed by atoms with Gasteiger partial charge in [0.2, 0.25) is 0 Å². The Bertz CT molecular complexity index is 870. The van der Waals surface area contributed by atoms with Crippen molar-refractivity contribution in [2.45, 2.75) is 12.2 Å². The lowest BCUT2D eigenvalue weighted by Gasteiger charge is -2.27. The molecule has 0 bridgehead atoms. The van der Waals surface area contributed by atoms with E-state index in [2.05, 4.69) is 15.1 Å². The van der Waals surface area contributed by atoms with Gasteiger partial charge in [0.1, 0.15) is 0 Å². The number of amides is 1. The number of nitrogens with one attached hydrogen (secondary N) is 1. The summed E-state index contributed by atoms with van der Waals surface area (Å²) < 4.78 is 38.6. The summed E-state index contributed by atoms with van der Waals surface area (Å²) in [6, 6.07) is 14.9. The SMILES string of the molecule is CN1CC2CN(CCNC(=O)c3ccccc3)CC2C1c1ccc(C(F)(F)F)cc1. The van der Waals surface area contributed by atoms with E-state index in [1.165, 1.54) is 12.1 Å². The molecule has 4 rings (SSSR count). The first-order chi connectivity index (χ1) is 14.3. The summed E-state index contributed by atoms with van der Waals surface area (Å²) in [4.78, 5) is 16.8. The highest BCUT2D eigenvalue weighted by Crippen LogP contribution is 2.44. The van der Waals surface area contributed by atoms with Crippen molar-refractivity contribution in [3.05, 3.63) is 71.3 Å². The highest BCUT2D eigenvalue weighted by molar-refractivity contribution is 5.94. The second kappa shape index (κ2) is 8.40. The second-order valence-electron chi connectivity index (χ2n) is 8.31. The average Bonchev–Trinajstić information content (AvgIpc) is 3.23. The summed E-state index contributed by atoms with van der Waals surface area (Å²) in [5.41, 5.74) is 0.989. The van der Waals surface area contributed by atoms with Crippen molar-refractivity contribution >= 4 is 5.91 Å². The van der Waals surface area contributed by atoms with Gasteiger partial charge in [-0.1, -0.05) is 30.3 Å². The normalized spacial score (nSPS) is 24.7. The van der Waals surface area contributed by atoms with E-state index in [0.717, 1.165) is 31.7 Å². The Balaban J connectivity index is 1.34. The first-order valence-corrected chi connectivity index (χ1v) is 10.3. The molecule has 2 fully saturated rings. The van der Waals surface area contributed by atoms with Crippen LogP contribution in [0.25, 0.3) is 0 Å². The molecule has 3 unspecified atom stereocenters. The van der Waals surface area contributed by atoms with Crippen LogP contribution in [0.1, 0.15) is 27.5 Å². The highest BCUT2D eigenvalue weighted by atomic mass is 19.4. The minimum absolute atomic E-state index is 0.0719. The maximum absolute atomic E-state index is 12.9. The van der Waals surface area contributed by atoms with Gasteiger partial charge < -0.3 is 10.2 Å². The molecule has 30 heavy (non-hydrogen) atoms. The van der Waals surface area contributed by atoms with Crippen LogP contribution < -0.4 is 5.32 Å². The van der Waals surface area contributed by atoms with Crippen LogP contribution in [0, 0.1) is 11.8 Å². The summed E-state index contributed by atoms with van der Waals surface area (Å²) in [7, 11) is 2.05. The third kappa shape index (κ3) is 4.37. The van der Waals surface area contributed by atoms with Gasteiger partial charge in [-0.2, -0.15) is 13.2 Å². The number of benzene rings is 2. The van der Waals surface area contributed by atoms with E-state index in [0.29, 0.717) is 23.9 Å². The molecule has 0 saturated carbocycles. The summed E-state index contributed by atoms with van der Waals surface area (Å²) in [6.07, 6.45) is -4.31. The van der Waals surface area contributed by atoms with Crippen LogP contribution in [-0.2, 0) is 6.18 Å². The fraction of sp³-hybridized carbons (Fsp3) is 0.435. The van der Waals surface area contributed by atoms with Gasteiger partial charge in [-0.25, -0.2) is 0 Å². The van der Waals surface area contributed by atoms with Gasteiger partial charge in [-0.3, -0.25) is 9.69 Å². The van der Waals surface area contributed by atoms with E-state index in [1.807, 2.05) is 25.2 Å².